The quantitative estimate of drug-likeness (QED) is 0.523. The monoisotopic (exact) mass is 454 g/mol. The lowest BCUT2D eigenvalue weighted by atomic mass is 9.91. The van der Waals surface area contributed by atoms with Crippen molar-refractivity contribution in [1.29, 1.82) is 0 Å². The van der Waals surface area contributed by atoms with Crippen LogP contribution in [0.4, 0.5) is 19.0 Å². The van der Waals surface area contributed by atoms with Crippen molar-refractivity contribution in [3.8, 4) is 5.69 Å². The van der Waals surface area contributed by atoms with Gasteiger partial charge < -0.3 is 5.32 Å². The third-order valence-corrected chi connectivity index (χ3v) is 6.72. The van der Waals surface area contributed by atoms with Gasteiger partial charge in [-0.1, -0.05) is 36.4 Å². The Morgan fingerprint density at radius 1 is 1.00 bits per heavy atom. The Hall–Kier alpha value is -2.80. The van der Waals surface area contributed by atoms with Crippen LogP contribution >= 0.6 is 0 Å². The molecule has 1 fully saturated rings. The normalized spacial score (nSPS) is 19.5. The number of hydrogen-bond acceptors (Lipinski definition) is 3. The van der Waals surface area contributed by atoms with Gasteiger partial charge in [0.25, 0.3) is 0 Å². The first-order chi connectivity index (χ1) is 16.0. The molecule has 1 N–H and O–H groups in total. The molecule has 1 saturated heterocycles. The topological polar surface area (TPSA) is 33.1 Å². The molecule has 3 heterocycles. The molecule has 1 aromatic heterocycles. The zero-order chi connectivity index (χ0) is 22.8. The fourth-order valence-corrected chi connectivity index (χ4v) is 5.12. The molecular formula is C26H29F3N4. The number of hydrogen-bond donors (Lipinski definition) is 1. The Balaban J connectivity index is 1.48. The molecule has 1 atom stereocenters. The molecule has 33 heavy (non-hydrogen) atoms. The number of anilines is 1. The Labute approximate surface area is 192 Å². The summed E-state index contributed by atoms with van der Waals surface area (Å²) in [6.07, 6.45) is 0.778. The standard InChI is InChI=1S/C26H29F3N4/c27-26(28,29)21-11-6-12-22(16-21)33-25-23(13-4-5-14-30-25)24(31-33)20-10-7-15-32(18-20)17-19-8-2-1-3-9-19/h1-3,6,8-9,11-12,16,20,30H,4-5,7,10,13-15,17-18H2. The van der Waals surface area contributed by atoms with Crippen LogP contribution in [-0.4, -0.2) is 34.3 Å². The van der Waals surface area contributed by atoms with Crippen LogP contribution in [-0.2, 0) is 19.1 Å². The number of alkyl halides is 3. The maximum Gasteiger partial charge on any atom is 0.416 e. The third-order valence-electron chi connectivity index (χ3n) is 6.72. The van der Waals surface area contributed by atoms with E-state index in [4.69, 9.17) is 5.10 Å². The number of nitrogens with zero attached hydrogens (tertiary/aromatic N) is 3. The fourth-order valence-electron chi connectivity index (χ4n) is 5.12. The van der Waals surface area contributed by atoms with Crippen molar-refractivity contribution in [2.75, 3.05) is 25.0 Å². The molecule has 2 aliphatic rings. The predicted molar refractivity (Wildman–Crippen MR) is 124 cm³/mol. The molecular weight excluding hydrogens is 425 g/mol. The lowest BCUT2D eigenvalue weighted by Crippen LogP contribution is -2.34. The minimum absolute atomic E-state index is 0.281. The van der Waals surface area contributed by atoms with Gasteiger partial charge in [-0.15, -0.1) is 0 Å². The van der Waals surface area contributed by atoms with Crippen LogP contribution < -0.4 is 5.32 Å². The molecule has 0 bridgehead atoms. The molecule has 0 spiro atoms. The smallest absolute Gasteiger partial charge is 0.370 e. The minimum atomic E-state index is -4.38. The molecule has 0 saturated carbocycles. The van der Waals surface area contributed by atoms with Crippen molar-refractivity contribution in [2.24, 2.45) is 0 Å². The second-order valence-electron chi connectivity index (χ2n) is 9.12. The van der Waals surface area contributed by atoms with Crippen LogP contribution in [0.15, 0.2) is 54.6 Å². The summed E-state index contributed by atoms with van der Waals surface area (Å²) in [5, 5.41) is 8.42. The van der Waals surface area contributed by atoms with Crippen LogP contribution in [0.2, 0.25) is 0 Å². The van der Waals surface area contributed by atoms with E-state index < -0.39 is 11.7 Å². The number of nitrogens with one attached hydrogen (secondary N) is 1. The largest absolute Gasteiger partial charge is 0.416 e. The van der Waals surface area contributed by atoms with Gasteiger partial charge in [0, 0.05) is 31.1 Å². The van der Waals surface area contributed by atoms with Crippen LogP contribution in [0.25, 0.3) is 5.69 Å². The molecule has 0 aliphatic carbocycles. The highest BCUT2D eigenvalue weighted by Gasteiger charge is 2.32. The van der Waals surface area contributed by atoms with Gasteiger partial charge in [0.2, 0.25) is 0 Å². The van der Waals surface area contributed by atoms with Crippen molar-refractivity contribution in [3.05, 3.63) is 77.0 Å². The summed E-state index contributed by atoms with van der Waals surface area (Å²) in [7, 11) is 0. The molecule has 3 aromatic rings. The molecule has 7 heteroatoms. The first-order valence-electron chi connectivity index (χ1n) is 11.8. The predicted octanol–water partition coefficient (Wildman–Crippen LogP) is 6.02. The fraction of sp³-hybridized carbons (Fsp3) is 0.423. The molecule has 5 rings (SSSR count). The van der Waals surface area contributed by atoms with Gasteiger partial charge >= 0.3 is 6.18 Å². The summed E-state index contributed by atoms with van der Waals surface area (Å²) in [6.45, 7) is 3.69. The maximum atomic E-state index is 13.4. The first kappa shape index (κ1) is 22.0. The summed E-state index contributed by atoms with van der Waals surface area (Å²) in [4.78, 5) is 2.48. The van der Waals surface area contributed by atoms with Crippen molar-refractivity contribution in [3.63, 3.8) is 0 Å². The van der Waals surface area contributed by atoms with Crippen LogP contribution in [0.1, 0.15) is 54.0 Å². The van der Waals surface area contributed by atoms with E-state index in [1.54, 1.807) is 10.7 Å². The highest BCUT2D eigenvalue weighted by molar-refractivity contribution is 5.55. The molecule has 1 unspecified atom stereocenters. The van der Waals surface area contributed by atoms with E-state index in [1.165, 1.54) is 23.3 Å². The molecule has 4 nitrogen and oxygen atoms in total. The highest BCUT2D eigenvalue weighted by atomic mass is 19.4. The van der Waals surface area contributed by atoms with Gasteiger partial charge in [-0.2, -0.15) is 18.3 Å². The van der Waals surface area contributed by atoms with E-state index in [9.17, 15) is 13.2 Å². The third kappa shape index (κ3) is 4.78. The van der Waals surface area contributed by atoms with Crippen LogP contribution in [0.5, 0.6) is 0 Å². The van der Waals surface area contributed by atoms with Gasteiger partial charge in [-0.3, -0.25) is 4.90 Å². The second kappa shape index (κ2) is 9.21. The summed E-state index contributed by atoms with van der Waals surface area (Å²) < 4.78 is 41.8. The lowest BCUT2D eigenvalue weighted by Gasteiger charge is -2.32. The first-order valence-corrected chi connectivity index (χ1v) is 11.8. The van der Waals surface area contributed by atoms with E-state index in [0.717, 1.165) is 75.9 Å². The summed E-state index contributed by atoms with van der Waals surface area (Å²) in [5.41, 5.74) is 3.34. The van der Waals surface area contributed by atoms with Gasteiger partial charge in [0.05, 0.1) is 16.9 Å². The molecule has 0 amide bonds. The lowest BCUT2D eigenvalue weighted by molar-refractivity contribution is -0.137. The number of piperidine rings is 1. The number of benzene rings is 2. The van der Waals surface area contributed by atoms with Crippen molar-refractivity contribution >= 4 is 5.82 Å². The summed E-state index contributed by atoms with van der Waals surface area (Å²) in [5.74, 6) is 1.14. The van der Waals surface area contributed by atoms with Gasteiger partial charge in [-0.25, -0.2) is 4.68 Å². The SMILES string of the molecule is FC(F)(F)c1cccc(-n2nc(C3CCCN(Cc4ccccc4)C3)c3c2NCCCC3)c1. The van der Waals surface area contributed by atoms with Gasteiger partial charge in [-0.05, 0) is 62.4 Å². The van der Waals surface area contributed by atoms with Crippen molar-refractivity contribution in [2.45, 2.75) is 50.7 Å². The Morgan fingerprint density at radius 2 is 1.85 bits per heavy atom. The Kier molecular flexibility index (Phi) is 6.15. The number of rotatable bonds is 4. The van der Waals surface area contributed by atoms with E-state index in [-0.39, 0.29) is 5.92 Å². The van der Waals surface area contributed by atoms with Gasteiger partial charge in [0.15, 0.2) is 0 Å². The Bertz CT molecular complexity index is 1090. The second-order valence-corrected chi connectivity index (χ2v) is 9.12. The van der Waals surface area contributed by atoms with E-state index in [0.29, 0.717) is 5.69 Å². The number of aromatic nitrogens is 2. The average molecular weight is 455 g/mol. The van der Waals surface area contributed by atoms with E-state index >= 15 is 0 Å². The summed E-state index contributed by atoms with van der Waals surface area (Å²) >= 11 is 0. The molecule has 174 valence electrons. The Morgan fingerprint density at radius 3 is 2.67 bits per heavy atom. The zero-order valence-electron chi connectivity index (χ0n) is 18.6. The number of likely N-dealkylation sites (tertiary alicyclic amines) is 1. The van der Waals surface area contributed by atoms with E-state index in [1.807, 2.05) is 6.07 Å². The van der Waals surface area contributed by atoms with E-state index in [2.05, 4.69) is 34.5 Å². The number of halogens is 3. The average Bonchev–Trinajstić information content (AvgIpc) is 3.00. The molecule has 2 aromatic carbocycles. The van der Waals surface area contributed by atoms with Gasteiger partial charge in [0.1, 0.15) is 5.82 Å². The minimum Gasteiger partial charge on any atom is -0.370 e. The maximum absolute atomic E-state index is 13.4. The molecule has 2 aliphatic heterocycles. The van der Waals surface area contributed by atoms with Crippen molar-refractivity contribution < 1.29 is 13.2 Å². The zero-order valence-corrected chi connectivity index (χ0v) is 18.6. The summed E-state index contributed by atoms with van der Waals surface area (Å²) in [6, 6.07) is 16.0. The van der Waals surface area contributed by atoms with Crippen LogP contribution in [0.3, 0.4) is 0 Å². The van der Waals surface area contributed by atoms with Crippen LogP contribution in [0, 0.1) is 0 Å². The highest BCUT2D eigenvalue weighted by Crippen LogP contribution is 2.37. The number of fused-ring (bicyclic) bond motifs is 1. The van der Waals surface area contributed by atoms with Crippen molar-refractivity contribution in [1.82, 2.24) is 14.7 Å². The molecule has 0 radical (unpaired) electrons.